The van der Waals surface area contributed by atoms with Gasteiger partial charge in [-0.1, -0.05) is 35.3 Å². The van der Waals surface area contributed by atoms with Gasteiger partial charge in [0.15, 0.2) is 17.0 Å². The summed E-state index contributed by atoms with van der Waals surface area (Å²) in [5.41, 5.74) is 2.90. The summed E-state index contributed by atoms with van der Waals surface area (Å²) in [6.45, 7) is 1.31. The summed E-state index contributed by atoms with van der Waals surface area (Å²) in [5.74, 6) is -1.27. The van der Waals surface area contributed by atoms with Crippen LogP contribution >= 0.6 is 23.2 Å². The van der Waals surface area contributed by atoms with Gasteiger partial charge in [-0.25, -0.2) is 28.5 Å². The minimum absolute atomic E-state index is 0.0288. The highest BCUT2D eigenvalue weighted by molar-refractivity contribution is 6.33. The van der Waals surface area contributed by atoms with E-state index in [1.54, 1.807) is 0 Å². The van der Waals surface area contributed by atoms with Crippen molar-refractivity contribution in [3.8, 4) is 17.1 Å². The summed E-state index contributed by atoms with van der Waals surface area (Å²) >= 11 is 12.8. The van der Waals surface area contributed by atoms with E-state index in [9.17, 15) is 13.6 Å². The van der Waals surface area contributed by atoms with Crippen molar-refractivity contribution < 1.29 is 13.6 Å². The molecule has 1 saturated carbocycles. The fraction of sp³-hybridized carbons (Fsp3) is 0.379. The van der Waals surface area contributed by atoms with Crippen molar-refractivity contribution in [2.75, 3.05) is 18.0 Å². The summed E-state index contributed by atoms with van der Waals surface area (Å²) in [6, 6.07) is 14.4. The third-order valence-corrected chi connectivity index (χ3v) is 8.39. The molecule has 214 valence electrons. The number of aromatic nitrogens is 4. The lowest BCUT2D eigenvalue weighted by Crippen LogP contribution is -2.51. The van der Waals surface area contributed by atoms with E-state index in [0.29, 0.717) is 71.6 Å². The Labute approximate surface area is 246 Å². The van der Waals surface area contributed by atoms with Crippen LogP contribution < -0.4 is 15.5 Å². The van der Waals surface area contributed by atoms with Crippen LogP contribution in [0.5, 0.6) is 0 Å². The number of imidazole rings is 1. The van der Waals surface area contributed by atoms with Crippen LogP contribution in [0, 0.1) is 0 Å². The van der Waals surface area contributed by atoms with Crippen molar-refractivity contribution in [1.82, 2.24) is 30.2 Å². The Bertz CT molecular complexity index is 1540. The van der Waals surface area contributed by atoms with E-state index in [1.807, 2.05) is 53.1 Å². The van der Waals surface area contributed by atoms with Crippen molar-refractivity contribution >= 4 is 46.2 Å². The van der Waals surface area contributed by atoms with Crippen LogP contribution in [0.15, 0.2) is 54.9 Å². The van der Waals surface area contributed by atoms with Crippen LogP contribution in [0.25, 0.3) is 28.2 Å². The molecule has 0 spiro atoms. The fourth-order valence-electron chi connectivity index (χ4n) is 5.60. The SMILES string of the molecule is O=C(NC1CCN(c2ncnc3c2nc(-c2ccccc2Cl)n3-c2ccc(Cl)cc2)CC1)NC1CCC(F)(F)CC1. The second-order valence-electron chi connectivity index (χ2n) is 10.6. The lowest BCUT2D eigenvalue weighted by Gasteiger charge is -2.34. The molecule has 0 atom stereocenters. The van der Waals surface area contributed by atoms with Gasteiger partial charge in [0.05, 0.1) is 5.02 Å². The van der Waals surface area contributed by atoms with Crippen LogP contribution in [-0.2, 0) is 0 Å². The molecule has 1 saturated heterocycles. The van der Waals surface area contributed by atoms with E-state index < -0.39 is 5.92 Å². The van der Waals surface area contributed by atoms with Gasteiger partial charge < -0.3 is 15.5 Å². The number of hydrogen-bond donors (Lipinski definition) is 2. The van der Waals surface area contributed by atoms with Crippen LogP contribution in [-0.4, -0.2) is 56.6 Å². The summed E-state index contributed by atoms with van der Waals surface area (Å²) < 4.78 is 28.8. The molecule has 0 bridgehead atoms. The van der Waals surface area contributed by atoms with Crippen LogP contribution in [0.4, 0.5) is 19.4 Å². The van der Waals surface area contributed by atoms with Crippen LogP contribution in [0.1, 0.15) is 38.5 Å². The molecule has 1 aliphatic carbocycles. The molecule has 2 amide bonds. The molecule has 2 N–H and O–H groups in total. The predicted octanol–water partition coefficient (Wildman–Crippen LogP) is 6.64. The number of fused-ring (bicyclic) bond motifs is 1. The second kappa shape index (κ2) is 11.4. The summed E-state index contributed by atoms with van der Waals surface area (Å²) in [5, 5.41) is 7.08. The predicted molar refractivity (Wildman–Crippen MR) is 156 cm³/mol. The van der Waals surface area contributed by atoms with Crippen molar-refractivity contribution in [2.24, 2.45) is 0 Å². The monoisotopic (exact) mass is 599 g/mol. The summed E-state index contributed by atoms with van der Waals surface area (Å²) in [6.07, 6.45) is 3.16. The quantitative estimate of drug-likeness (QED) is 0.268. The van der Waals surface area contributed by atoms with Crippen molar-refractivity contribution in [1.29, 1.82) is 0 Å². The maximum absolute atomic E-state index is 13.4. The number of hydrogen-bond acceptors (Lipinski definition) is 5. The average Bonchev–Trinajstić information content (AvgIpc) is 3.35. The number of carbonyl (C=O) groups excluding carboxylic acids is 1. The smallest absolute Gasteiger partial charge is 0.315 e. The van der Waals surface area contributed by atoms with Gasteiger partial charge in [0.25, 0.3) is 0 Å². The lowest BCUT2D eigenvalue weighted by molar-refractivity contribution is -0.0395. The Balaban J connectivity index is 1.21. The van der Waals surface area contributed by atoms with E-state index in [4.69, 9.17) is 28.2 Å². The molecule has 8 nitrogen and oxygen atoms in total. The molecule has 2 aliphatic rings. The molecular weight excluding hydrogens is 571 g/mol. The highest BCUT2D eigenvalue weighted by Gasteiger charge is 2.35. The Morgan fingerprint density at radius 2 is 1.56 bits per heavy atom. The summed E-state index contributed by atoms with van der Waals surface area (Å²) in [7, 11) is 0. The van der Waals surface area contributed by atoms with Gasteiger partial charge >= 0.3 is 6.03 Å². The van der Waals surface area contributed by atoms with Crippen LogP contribution in [0.2, 0.25) is 10.0 Å². The average molecular weight is 601 g/mol. The number of nitrogens with zero attached hydrogens (tertiary/aromatic N) is 5. The fourth-order valence-corrected chi connectivity index (χ4v) is 5.95. The number of piperidine rings is 1. The topological polar surface area (TPSA) is 88.0 Å². The largest absolute Gasteiger partial charge is 0.355 e. The number of nitrogens with one attached hydrogen (secondary N) is 2. The van der Waals surface area contributed by atoms with Gasteiger partial charge in [0.2, 0.25) is 5.92 Å². The molecule has 0 radical (unpaired) electrons. The van der Waals surface area contributed by atoms with E-state index in [0.717, 1.165) is 11.3 Å². The van der Waals surface area contributed by atoms with Gasteiger partial charge in [-0.3, -0.25) is 4.57 Å². The Morgan fingerprint density at radius 3 is 2.24 bits per heavy atom. The third-order valence-electron chi connectivity index (χ3n) is 7.81. The van der Waals surface area contributed by atoms with E-state index in [-0.39, 0.29) is 31.0 Å². The second-order valence-corrected chi connectivity index (χ2v) is 11.4. The first kappa shape index (κ1) is 27.7. The van der Waals surface area contributed by atoms with Gasteiger partial charge in [-0.2, -0.15) is 0 Å². The molecule has 2 aromatic carbocycles. The Kier molecular flexibility index (Phi) is 7.70. The van der Waals surface area contributed by atoms with Gasteiger partial charge in [-0.05, 0) is 62.1 Å². The summed E-state index contributed by atoms with van der Waals surface area (Å²) in [4.78, 5) is 28.9. The normalized spacial score (nSPS) is 18.0. The van der Waals surface area contributed by atoms with Gasteiger partial charge in [0.1, 0.15) is 12.2 Å². The van der Waals surface area contributed by atoms with E-state index >= 15 is 0 Å². The van der Waals surface area contributed by atoms with E-state index in [2.05, 4.69) is 25.5 Å². The zero-order valence-electron chi connectivity index (χ0n) is 22.2. The number of urea groups is 1. The minimum Gasteiger partial charge on any atom is -0.355 e. The molecule has 41 heavy (non-hydrogen) atoms. The highest BCUT2D eigenvalue weighted by Crippen LogP contribution is 2.36. The minimum atomic E-state index is -2.62. The first-order valence-electron chi connectivity index (χ1n) is 13.7. The van der Waals surface area contributed by atoms with Crippen molar-refractivity contribution in [2.45, 2.75) is 56.5 Å². The molecule has 1 aliphatic heterocycles. The van der Waals surface area contributed by atoms with Gasteiger partial charge in [0, 0.05) is 54.3 Å². The Morgan fingerprint density at radius 1 is 0.902 bits per heavy atom. The molecule has 4 aromatic rings. The number of benzene rings is 2. The number of carbonyl (C=O) groups is 1. The molecular formula is C29H29Cl2F2N7O. The molecule has 6 rings (SSSR count). The molecule has 2 aromatic heterocycles. The van der Waals surface area contributed by atoms with Crippen LogP contribution in [0.3, 0.4) is 0 Å². The molecule has 2 fully saturated rings. The first-order chi connectivity index (χ1) is 19.8. The highest BCUT2D eigenvalue weighted by atomic mass is 35.5. The number of alkyl halides is 2. The van der Waals surface area contributed by atoms with Gasteiger partial charge in [-0.15, -0.1) is 0 Å². The zero-order valence-corrected chi connectivity index (χ0v) is 23.7. The van der Waals surface area contributed by atoms with Crippen molar-refractivity contribution in [3.05, 3.63) is 64.9 Å². The molecule has 3 heterocycles. The van der Waals surface area contributed by atoms with E-state index in [1.165, 1.54) is 6.33 Å². The maximum Gasteiger partial charge on any atom is 0.315 e. The number of rotatable bonds is 5. The Hall–Kier alpha value is -3.50. The molecule has 12 heteroatoms. The van der Waals surface area contributed by atoms with Crippen molar-refractivity contribution in [3.63, 3.8) is 0 Å². The lowest BCUT2D eigenvalue weighted by atomic mass is 9.92. The number of halogens is 4. The number of anilines is 1. The molecule has 0 unspecified atom stereocenters. The zero-order chi connectivity index (χ0) is 28.6. The maximum atomic E-state index is 13.4. The first-order valence-corrected chi connectivity index (χ1v) is 14.5. The third kappa shape index (κ3) is 5.94. The number of amides is 2. The standard InChI is InChI=1S/C29H29Cl2F2N7O/c30-18-5-7-21(8-6-18)40-25(22-3-1-2-4-23(22)31)38-24-26(34-17-35-27(24)40)39-15-11-20(12-16-39)37-28(41)36-19-9-13-29(32,33)14-10-19/h1-8,17,19-20H,9-16H2,(H2,36,37,41).